The SMILES string of the molecule is Cc1ccc(F)c(C(NN)c2ccc(OC(C)C)cc2)c1. The zero-order valence-electron chi connectivity index (χ0n) is 12.6. The Balaban J connectivity index is 2.31. The zero-order valence-corrected chi connectivity index (χ0v) is 12.6. The fraction of sp³-hybridized carbons (Fsp3) is 0.294. The summed E-state index contributed by atoms with van der Waals surface area (Å²) in [4.78, 5) is 0. The third kappa shape index (κ3) is 3.80. The summed E-state index contributed by atoms with van der Waals surface area (Å²) >= 11 is 0. The van der Waals surface area contributed by atoms with Gasteiger partial charge in [-0.15, -0.1) is 0 Å². The van der Waals surface area contributed by atoms with Crippen molar-refractivity contribution < 1.29 is 9.13 Å². The van der Waals surface area contributed by atoms with E-state index in [1.807, 2.05) is 45.0 Å². The summed E-state index contributed by atoms with van der Waals surface area (Å²) in [7, 11) is 0. The number of ether oxygens (including phenoxy) is 1. The minimum Gasteiger partial charge on any atom is -0.491 e. The van der Waals surface area contributed by atoms with E-state index in [0.717, 1.165) is 16.9 Å². The van der Waals surface area contributed by atoms with Crippen molar-refractivity contribution in [3.8, 4) is 5.75 Å². The molecule has 1 unspecified atom stereocenters. The van der Waals surface area contributed by atoms with E-state index in [2.05, 4.69) is 5.43 Å². The van der Waals surface area contributed by atoms with Crippen LogP contribution in [0.1, 0.15) is 36.6 Å². The first-order valence-corrected chi connectivity index (χ1v) is 7.00. The van der Waals surface area contributed by atoms with Gasteiger partial charge >= 0.3 is 0 Å². The Bertz CT molecular complexity index is 596. The summed E-state index contributed by atoms with van der Waals surface area (Å²) < 4.78 is 19.6. The van der Waals surface area contributed by atoms with Gasteiger partial charge < -0.3 is 4.74 Å². The van der Waals surface area contributed by atoms with Gasteiger partial charge in [0.05, 0.1) is 12.1 Å². The minimum absolute atomic E-state index is 0.119. The van der Waals surface area contributed by atoms with Crippen LogP contribution in [0.4, 0.5) is 4.39 Å². The van der Waals surface area contributed by atoms with Gasteiger partial charge in [-0.25, -0.2) is 9.82 Å². The largest absolute Gasteiger partial charge is 0.491 e. The molecule has 3 nitrogen and oxygen atoms in total. The molecule has 2 rings (SSSR count). The molecule has 0 fully saturated rings. The third-order valence-corrected chi connectivity index (χ3v) is 3.21. The lowest BCUT2D eigenvalue weighted by Crippen LogP contribution is -2.29. The van der Waals surface area contributed by atoms with E-state index in [9.17, 15) is 4.39 Å². The van der Waals surface area contributed by atoms with Gasteiger partial charge in [0.1, 0.15) is 11.6 Å². The van der Waals surface area contributed by atoms with E-state index in [-0.39, 0.29) is 11.9 Å². The van der Waals surface area contributed by atoms with E-state index in [4.69, 9.17) is 10.6 Å². The molecule has 2 aromatic rings. The highest BCUT2D eigenvalue weighted by molar-refractivity contribution is 5.37. The Labute approximate surface area is 124 Å². The average molecular weight is 288 g/mol. The molecule has 0 radical (unpaired) electrons. The summed E-state index contributed by atoms with van der Waals surface area (Å²) in [6.45, 7) is 5.87. The molecule has 0 aliphatic carbocycles. The van der Waals surface area contributed by atoms with Crippen molar-refractivity contribution in [2.24, 2.45) is 5.84 Å². The van der Waals surface area contributed by atoms with Gasteiger partial charge in [-0.1, -0.05) is 29.8 Å². The summed E-state index contributed by atoms with van der Waals surface area (Å²) in [5.74, 6) is 6.14. The van der Waals surface area contributed by atoms with Crippen molar-refractivity contribution in [1.82, 2.24) is 5.43 Å². The van der Waals surface area contributed by atoms with Gasteiger partial charge in [0.25, 0.3) is 0 Å². The summed E-state index contributed by atoms with van der Waals surface area (Å²) in [5, 5.41) is 0. The fourth-order valence-corrected chi connectivity index (χ4v) is 2.26. The topological polar surface area (TPSA) is 47.3 Å². The van der Waals surface area contributed by atoms with E-state index < -0.39 is 6.04 Å². The van der Waals surface area contributed by atoms with Gasteiger partial charge in [-0.3, -0.25) is 5.84 Å². The van der Waals surface area contributed by atoms with Crippen LogP contribution in [0.25, 0.3) is 0 Å². The lowest BCUT2D eigenvalue weighted by atomic mass is 9.97. The van der Waals surface area contributed by atoms with Crippen molar-refractivity contribution >= 4 is 0 Å². The van der Waals surface area contributed by atoms with Crippen LogP contribution in [-0.4, -0.2) is 6.10 Å². The number of hydrogen-bond acceptors (Lipinski definition) is 3. The number of rotatable bonds is 5. The molecule has 1 atom stereocenters. The van der Waals surface area contributed by atoms with Gasteiger partial charge in [0.15, 0.2) is 0 Å². The molecule has 0 heterocycles. The molecule has 0 saturated heterocycles. The Morgan fingerprint density at radius 2 is 1.76 bits per heavy atom. The quantitative estimate of drug-likeness (QED) is 0.654. The second-order valence-corrected chi connectivity index (χ2v) is 5.36. The third-order valence-electron chi connectivity index (χ3n) is 3.21. The van der Waals surface area contributed by atoms with Crippen LogP contribution in [0.2, 0.25) is 0 Å². The molecule has 0 aliphatic rings. The van der Waals surface area contributed by atoms with Crippen LogP contribution in [0.3, 0.4) is 0 Å². The van der Waals surface area contributed by atoms with E-state index in [1.165, 1.54) is 6.07 Å². The number of halogens is 1. The van der Waals surface area contributed by atoms with E-state index in [0.29, 0.717) is 5.56 Å². The van der Waals surface area contributed by atoms with Crippen LogP contribution >= 0.6 is 0 Å². The van der Waals surface area contributed by atoms with Crippen molar-refractivity contribution in [2.75, 3.05) is 0 Å². The molecule has 2 aromatic carbocycles. The molecule has 21 heavy (non-hydrogen) atoms. The van der Waals surface area contributed by atoms with Crippen LogP contribution in [0.15, 0.2) is 42.5 Å². The van der Waals surface area contributed by atoms with Gasteiger partial charge in [-0.2, -0.15) is 0 Å². The van der Waals surface area contributed by atoms with Crippen LogP contribution in [0, 0.1) is 12.7 Å². The summed E-state index contributed by atoms with van der Waals surface area (Å²) in [6, 6.07) is 12.1. The van der Waals surface area contributed by atoms with Crippen molar-refractivity contribution in [2.45, 2.75) is 32.9 Å². The van der Waals surface area contributed by atoms with Crippen LogP contribution < -0.4 is 16.0 Å². The Morgan fingerprint density at radius 3 is 2.33 bits per heavy atom. The Kier molecular flexibility index (Phi) is 4.94. The second kappa shape index (κ2) is 6.70. The molecule has 0 spiro atoms. The number of nitrogens with two attached hydrogens (primary N) is 1. The Morgan fingerprint density at radius 1 is 1.10 bits per heavy atom. The molecule has 0 saturated carbocycles. The van der Waals surface area contributed by atoms with Crippen molar-refractivity contribution in [3.63, 3.8) is 0 Å². The molecular weight excluding hydrogens is 267 g/mol. The minimum atomic E-state index is -0.391. The first-order chi connectivity index (χ1) is 10.0. The predicted octanol–water partition coefficient (Wildman–Crippen LogP) is 3.47. The number of aryl methyl sites for hydroxylation is 1. The van der Waals surface area contributed by atoms with Crippen LogP contribution in [0.5, 0.6) is 5.75 Å². The zero-order chi connectivity index (χ0) is 15.4. The number of nitrogens with one attached hydrogen (secondary N) is 1. The van der Waals surface area contributed by atoms with Crippen molar-refractivity contribution in [3.05, 3.63) is 65.0 Å². The lowest BCUT2D eigenvalue weighted by molar-refractivity contribution is 0.242. The maximum Gasteiger partial charge on any atom is 0.128 e. The lowest BCUT2D eigenvalue weighted by Gasteiger charge is -2.19. The molecule has 3 N–H and O–H groups in total. The van der Waals surface area contributed by atoms with E-state index in [1.54, 1.807) is 12.1 Å². The van der Waals surface area contributed by atoms with Crippen molar-refractivity contribution in [1.29, 1.82) is 0 Å². The highest BCUT2D eigenvalue weighted by atomic mass is 19.1. The summed E-state index contributed by atoms with van der Waals surface area (Å²) in [6.07, 6.45) is 0.119. The smallest absolute Gasteiger partial charge is 0.128 e. The average Bonchev–Trinajstić information content (AvgIpc) is 2.44. The first-order valence-electron chi connectivity index (χ1n) is 7.00. The van der Waals surface area contributed by atoms with Crippen LogP contribution in [-0.2, 0) is 0 Å². The van der Waals surface area contributed by atoms with E-state index >= 15 is 0 Å². The molecular formula is C17H21FN2O. The summed E-state index contributed by atoms with van der Waals surface area (Å²) in [5.41, 5.74) is 5.10. The maximum atomic E-state index is 14.0. The molecule has 0 aliphatic heterocycles. The second-order valence-electron chi connectivity index (χ2n) is 5.36. The van der Waals surface area contributed by atoms with Gasteiger partial charge in [-0.05, 0) is 44.5 Å². The first kappa shape index (κ1) is 15.5. The molecule has 4 heteroatoms. The maximum absolute atomic E-state index is 14.0. The van der Waals surface area contributed by atoms with Gasteiger partial charge in [0, 0.05) is 5.56 Å². The fourth-order valence-electron chi connectivity index (χ4n) is 2.26. The van der Waals surface area contributed by atoms with Gasteiger partial charge in [0.2, 0.25) is 0 Å². The number of benzene rings is 2. The monoisotopic (exact) mass is 288 g/mol. The number of hydrazine groups is 1. The number of hydrogen-bond donors (Lipinski definition) is 2. The molecule has 112 valence electrons. The molecule has 0 aromatic heterocycles. The highest BCUT2D eigenvalue weighted by Crippen LogP contribution is 2.26. The predicted molar refractivity (Wildman–Crippen MR) is 82.5 cm³/mol. The Hall–Kier alpha value is -1.91. The molecule has 0 bridgehead atoms. The highest BCUT2D eigenvalue weighted by Gasteiger charge is 2.16. The standard InChI is InChI=1S/C17H21FN2O/c1-11(2)21-14-7-5-13(6-8-14)17(20-19)15-10-12(3)4-9-16(15)18/h4-11,17,20H,19H2,1-3H3. The normalized spacial score (nSPS) is 12.5. The molecule has 0 amide bonds.